The van der Waals surface area contributed by atoms with Gasteiger partial charge in [0.05, 0.1) is 13.1 Å². The van der Waals surface area contributed by atoms with Crippen molar-refractivity contribution in [3.05, 3.63) is 18.0 Å². The Kier molecular flexibility index (Phi) is 3.46. The summed E-state index contributed by atoms with van der Waals surface area (Å²) >= 11 is 0. The van der Waals surface area contributed by atoms with Gasteiger partial charge in [-0.25, -0.2) is 0 Å². The van der Waals surface area contributed by atoms with Crippen LogP contribution in [0.15, 0.2) is 12.3 Å². The van der Waals surface area contributed by atoms with E-state index in [1.54, 1.807) is 13.2 Å². The maximum atomic E-state index is 11.7. The van der Waals surface area contributed by atoms with E-state index in [4.69, 9.17) is 0 Å². The Morgan fingerprint density at radius 1 is 1.60 bits per heavy atom. The van der Waals surface area contributed by atoms with Gasteiger partial charge in [0.25, 0.3) is 0 Å². The molecule has 0 aliphatic rings. The van der Waals surface area contributed by atoms with Crippen molar-refractivity contribution in [3.8, 4) is 0 Å². The van der Waals surface area contributed by atoms with Crippen LogP contribution in [0.3, 0.4) is 0 Å². The molecule has 0 aromatic carbocycles. The van der Waals surface area contributed by atoms with E-state index in [2.05, 4.69) is 5.10 Å². The van der Waals surface area contributed by atoms with Crippen LogP contribution in [-0.4, -0.2) is 34.8 Å². The van der Waals surface area contributed by atoms with Crippen molar-refractivity contribution in [1.29, 1.82) is 0 Å². The highest BCUT2D eigenvalue weighted by molar-refractivity contribution is 5.95. The van der Waals surface area contributed by atoms with Crippen LogP contribution in [0.2, 0.25) is 0 Å². The number of rotatable bonds is 4. The summed E-state index contributed by atoms with van der Waals surface area (Å²) in [6.45, 7) is -1.54. The van der Waals surface area contributed by atoms with Crippen LogP contribution < -0.4 is 5.32 Å². The van der Waals surface area contributed by atoms with Gasteiger partial charge in [0.2, 0.25) is 0 Å². The molecule has 15 heavy (non-hydrogen) atoms. The maximum absolute atomic E-state index is 11.7. The number of hydrogen-bond acceptors (Lipinski definition) is 3. The zero-order valence-electron chi connectivity index (χ0n) is 8.01. The van der Waals surface area contributed by atoms with E-state index in [-0.39, 0.29) is 12.2 Å². The zero-order valence-corrected chi connectivity index (χ0v) is 8.01. The van der Waals surface area contributed by atoms with E-state index in [0.717, 1.165) is 0 Å². The fourth-order valence-electron chi connectivity index (χ4n) is 0.972. The van der Waals surface area contributed by atoms with Crippen molar-refractivity contribution in [2.45, 2.75) is 6.18 Å². The molecule has 0 atom stereocenters. The summed E-state index contributed by atoms with van der Waals surface area (Å²) in [5.41, 5.74) is 0.159. The first kappa shape index (κ1) is 11.7. The summed E-state index contributed by atoms with van der Waals surface area (Å²) in [4.78, 5) is 11.2. The first-order chi connectivity index (χ1) is 6.88. The summed E-state index contributed by atoms with van der Waals surface area (Å²) in [6, 6.07) is 1.46. The Bertz CT molecular complexity index is 345. The van der Waals surface area contributed by atoms with E-state index < -0.39 is 18.5 Å². The number of hydrogen-bond donors (Lipinski definition) is 1. The molecule has 1 aromatic rings. The zero-order chi connectivity index (χ0) is 11.5. The average molecular weight is 221 g/mol. The second-order valence-electron chi connectivity index (χ2n) is 3.02. The highest BCUT2D eigenvalue weighted by Crippen LogP contribution is 2.11. The molecule has 0 fully saturated rings. The van der Waals surface area contributed by atoms with Crippen molar-refractivity contribution < 1.29 is 18.0 Å². The minimum Gasteiger partial charge on any atom is -0.301 e. The molecule has 0 saturated carbocycles. The number of alkyl halides is 3. The summed E-state index contributed by atoms with van der Waals surface area (Å²) < 4.78 is 36.6. The Balaban J connectivity index is 2.37. The molecule has 1 heterocycles. The van der Waals surface area contributed by atoms with E-state index in [0.29, 0.717) is 0 Å². The lowest BCUT2D eigenvalue weighted by atomic mass is 10.3. The molecule has 4 nitrogen and oxygen atoms in total. The van der Waals surface area contributed by atoms with Gasteiger partial charge in [0, 0.05) is 13.2 Å². The van der Waals surface area contributed by atoms with Gasteiger partial charge in [0.15, 0.2) is 5.78 Å². The van der Waals surface area contributed by atoms with E-state index in [9.17, 15) is 18.0 Å². The minimum atomic E-state index is -4.30. The smallest absolute Gasteiger partial charge is 0.301 e. The Morgan fingerprint density at radius 3 is 2.73 bits per heavy atom. The second-order valence-corrected chi connectivity index (χ2v) is 3.02. The van der Waals surface area contributed by atoms with Crippen LogP contribution in [0.25, 0.3) is 0 Å². The average Bonchev–Trinajstić information content (AvgIpc) is 2.49. The van der Waals surface area contributed by atoms with Crippen molar-refractivity contribution in [3.63, 3.8) is 0 Å². The van der Waals surface area contributed by atoms with Gasteiger partial charge in [0.1, 0.15) is 5.69 Å². The summed E-state index contributed by atoms with van der Waals surface area (Å²) in [6.07, 6.45) is -2.75. The van der Waals surface area contributed by atoms with Gasteiger partial charge >= 0.3 is 6.18 Å². The van der Waals surface area contributed by atoms with Crippen LogP contribution in [0.5, 0.6) is 0 Å². The molecule has 0 aliphatic carbocycles. The number of nitrogens with zero attached hydrogens (tertiary/aromatic N) is 2. The van der Waals surface area contributed by atoms with Crippen LogP contribution in [-0.2, 0) is 7.05 Å². The van der Waals surface area contributed by atoms with Gasteiger partial charge in [-0.3, -0.25) is 9.48 Å². The molecule has 0 spiro atoms. The van der Waals surface area contributed by atoms with E-state index in [1.165, 1.54) is 10.7 Å². The standard InChI is InChI=1S/C8H10F3N3O/c1-14-3-2-6(13-14)7(15)4-12-5-8(9,10)11/h2-3,12H,4-5H2,1H3. The maximum Gasteiger partial charge on any atom is 0.401 e. The van der Waals surface area contributed by atoms with Gasteiger partial charge in [-0.05, 0) is 6.07 Å². The first-order valence-corrected chi connectivity index (χ1v) is 4.19. The number of carbonyl (C=O) groups excluding carboxylic acids is 1. The van der Waals surface area contributed by atoms with Crippen LogP contribution in [0, 0.1) is 0 Å². The molecule has 0 unspecified atom stereocenters. The summed E-state index contributed by atoms with van der Waals surface area (Å²) in [5, 5.41) is 5.78. The SMILES string of the molecule is Cn1ccc(C(=O)CNCC(F)(F)F)n1. The highest BCUT2D eigenvalue weighted by Gasteiger charge is 2.26. The molecule has 84 valence electrons. The molecular weight excluding hydrogens is 211 g/mol. The summed E-state index contributed by atoms with van der Waals surface area (Å²) in [5.74, 6) is -0.458. The van der Waals surface area contributed by atoms with Crippen LogP contribution in [0.1, 0.15) is 10.5 Å². The number of Topliss-reactive ketones (excluding diaryl/α,β-unsaturated/α-hetero) is 1. The highest BCUT2D eigenvalue weighted by atomic mass is 19.4. The van der Waals surface area contributed by atoms with E-state index in [1.807, 2.05) is 5.32 Å². The van der Waals surface area contributed by atoms with Gasteiger partial charge < -0.3 is 5.32 Å². The Morgan fingerprint density at radius 2 is 2.27 bits per heavy atom. The predicted octanol–water partition coefficient (Wildman–Crippen LogP) is 0.755. The molecular formula is C8H10F3N3O. The molecule has 0 bridgehead atoms. The third-order valence-electron chi connectivity index (χ3n) is 1.61. The molecule has 0 amide bonds. The number of carbonyl (C=O) groups is 1. The molecule has 0 radical (unpaired) electrons. The second kappa shape index (κ2) is 4.43. The first-order valence-electron chi connectivity index (χ1n) is 4.19. The third-order valence-corrected chi connectivity index (χ3v) is 1.61. The van der Waals surface area contributed by atoms with Gasteiger partial charge in [-0.1, -0.05) is 0 Å². The quantitative estimate of drug-likeness (QED) is 0.763. The monoisotopic (exact) mass is 221 g/mol. The molecule has 1 rings (SSSR count). The van der Waals surface area contributed by atoms with Gasteiger partial charge in [-0.15, -0.1) is 0 Å². The fourth-order valence-corrected chi connectivity index (χ4v) is 0.972. The van der Waals surface area contributed by atoms with Crippen molar-refractivity contribution in [2.24, 2.45) is 7.05 Å². The normalized spacial score (nSPS) is 11.7. The Labute approximate surface area is 84.1 Å². The van der Waals surface area contributed by atoms with Crippen molar-refractivity contribution in [2.75, 3.05) is 13.1 Å². The predicted molar refractivity (Wildman–Crippen MR) is 46.5 cm³/mol. The van der Waals surface area contributed by atoms with Crippen LogP contribution in [0.4, 0.5) is 13.2 Å². The molecule has 0 saturated heterocycles. The summed E-state index contributed by atoms with van der Waals surface area (Å²) in [7, 11) is 1.62. The largest absolute Gasteiger partial charge is 0.401 e. The Hall–Kier alpha value is -1.37. The number of halogens is 3. The molecule has 1 N–H and O–H groups in total. The number of ketones is 1. The lowest BCUT2D eigenvalue weighted by Crippen LogP contribution is -2.32. The van der Waals surface area contributed by atoms with Gasteiger partial charge in [-0.2, -0.15) is 18.3 Å². The lowest BCUT2D eigenvalue weighted by Gasteiger charge is -2.06. The number of aromatic nitrogens is 2. The molecule has 0 aliphatic heterocycles. The lowest BCUT2D eigenvalue weighted by molar-refractivity contribution is -0.124. The minimum absolute atomic E-state index is 0.159. The van der Waals surface area contributed by atoms with Crippen LogP contribution >= 0.6 is 0 Å². The van der Waals surface area contributed by atoms with E-state index >= 15 is 0 Å². The molecule has 1 aromatic heterocycles. The fraction of sp³-hybridized carbons (Fsp3) is 0.500. The number of aryl methyl sites for hydroxylation is 1. The third kappa shape index (κ3) is 4.11. The van der Waals surface area contributed by atoms with Crippen molar-refractivity contribution in [1.82, 2.24) is 15.1 Å². The number of nitrogens with one attached hydrogen (secondary N) is 1. The van der Waals surface area contributed by atoms with Crippen molar-refractivity contribution >= 4 is 5.78 Å². The molecule has 7 heteroatoms. The topological polar surface area (TPSA) is 46.9 Å².